The molecule has 28 heavy (non-hydrogen) atoms. The van der Waals surface area contributed by atoms with Gasteiger partial charge < -0.3 is 9.88 Å². The Morgan fingerprint density at radius 3 is 2.71 bits per heavy atom. The van der Waals surface area contributed by atoms with Crippen LogP contribution in [-0.4, -0.2) is 38.4 Å². The van der Waals surface area contributed by atoms with Gasteiger partial charge >= 0.3 is 0 Å². The topological polar surface area (TPSA) is 98.6 Å². The van der Waals surface area contributed by atoms with Gasteiger partial charge in [0.25, 0.3) is 0 Å². The maximum absolute atomic E-state index is 12.7. The molecule has 0 aliphatic rings. The third-order valence-electron chi connectivity index (χ3n) is 4.24. The Morgan fingerprint density at radius 2 is 1.89 bits per heavy atom. The first kappa shape index (κ1) is 17.9. The summed E-state index contributed by atoms with van der Waals surface area (Å²) in [5.74, 6) is 0.0556. The first-order valence-corrected chi connectivity index (χ1v) is 9.71. The molecule has 7 nitrogen and oxygen atoms in total. The number of nitrogens with one attached hydrogen (secondary N) is 1. The smallest absolute Gasteiger partial charge is 0.237 e. The molecule has 0 radical (unpaired) electrons. The van der Waals surface area contributed by atoms with Crippen molar-refractivity contribution in [2.75, 3.05) is 17.2 Å². The molecule has 138 valence electrons. The van der Waals surface area contributed by atoms with Crippen LogP contribution in [0.15, 0.2) is 59.8 Å². The van der Waals surface area contributed by atoms with E-state index in [1.54, 1.807) is 4.90 Å². The number of aromatic amines is 1. The predicted octanol–water partition coefficient (Wildman–Crippen LogP) is 3.55. The molecule has 0 saturated heterocycles. The molecule has 0 unspecified atom stereocenters. The zero-order valence-electron chi connectivity index (χ0n) is 14.9. The first-order chi connectivity index (χ1) is 13.8. The SMILES string of the molecule is N#CCCN(C(=O)CSc1nnc2c(n1)[nH]c1ccccc12)c1ccccc1. The highest BCUT2D eigenvalue weighted by molar-refractivity contribution is 7.99. The maximum atomic E-state index is 12.7. The summed E-state index contributed by atoms with van der Waals surface area (Å²) >= 11 is 1.23. The minimum Gasteiger partial charge on any atom is -0.338 e. The molecule has 0 saturated carbocycles. The van der Waals surface area contributed by atoms with E-state index in [1.165, 1.54) is 11.8 Å². The lowest BCUT2D eigenvalue weighted by molar-refractivity contribution is -0.116. The molecule has 2 heterocycles. The third-order valence-corrected chi connectivity index (χ3v) is 5.07. The summed E-state index contributed by atoms with van der Waals surface area (Å²) in [6, 6.07) is 19.2. The number of amides is 1. The predicted molar refractivity (Wildman–Crippen MR) is 109 cm³/mol. The van der Waals surface area contributed by atoms with Gasteiger partial charge in [0, 0.05) is 23.1 Å². The van der Waals surface area contributed by atoms with E-state index in [4.69, 9.17) is 5.26 Å². The monoisotopic (exact) mass is 388 g/mol. The number of hydrogen-bond donors (Lipinski definition) is 1. The number of carbonyl (C=O) groups is 1. The summed E-state index contributed by atoms with van der Waals surface area (Å²) in [4.78, 5) is 22.1. The number of aromatic nitrogens is 4. The number of benzene rings is 2. The zero-order chi connectivity index (χ0) is 19.3. The van der Waals surface area contributed by atoms with Gasteiger partial charge in [-0.1, -0.05) is 48.2 Å². The summed E-state index contributed by atoms with van der Waals surface area (Å²) in [7, 11) is 0. The number of nitrogens with zero attached hydrogens (tertiary/aromatic N) is 5. The van der Waals surface area contributed by atoms with Crippen molar-refractivity contribution in [3.05, 3.63) is 54.6 Å². The van der Waals surface area contributed by atoms with Gasteiger partial charge in [-0.2, -0.15) is 5.26 Å². The number of H-pyrrole nitrogens is 1. The van der Waals surface area contributed by atoms with E-state index in [2.05, 4.69) is 26.2 Å². The molecule has 2 aromatic carbocycles. The molecule has 1 N–H and O–H groups in total. The lowest BCUT2D eigenvalue weighted by atomic mass is 10.2. The van der Waals surface area contributed by atoms with E-state index in [9.17, 15) is 4.79 Å². The maximum Gasteiger partial charge on any atom is 0.237 e. The van der Waals surface area contributed by atoms with E-state index in [-0.39, 0.29) is 18.1 Å². The van der Waals surface area contributed by atoms with E-state index >= 15 is 0 Å². The molecule has 8 heteroatoms. The molecule has 1 amide bonds. The quantitative estimate of drug-likeness (QED) is 0.507. The molecular weight excluding hydrogens is 372 g/mol. The highest BCUT2D eigenvalue weighted by atomic mass is 32.2. The number of para-hydroxylation sites is 2. The van der Waals surface area contributed by atoms with E-state index < -0.39 is 0 Å². The van der Waals surface area contributed by atoms with E-state index in [1.807, 2.05) is 54.6 Å². The summed E-state index contributed by atoms with van der Waals surface area (Å²) in [5, 5.41) is 18.7. The summed E-state index contributed by atoms with van der Waals surface area (Å²) in [6.07, 6.45) is 0.268. The fourth-order valence-electron chi connectivity index (χ4n) is 2.94. The molecule has 0 fully saturated rings. The van der Waals surface area contributed by atoms with Crippen molar-refractivity contribution >= 4 is 45.4 Å². The first-order valence-electron chi connectivity index (χ1n) is 8.72. The van der Waals surface area contributed by atoms with Crippen LogP contribution < -0.4 is 4.90 Å². The summed E-state index contributed by atoms with van der Waals surface area (Å²) in [5.41, 5.74) is 3.08. The van der Waals surface area contributed by atoms with Crippen LogP contribution in [0.5, 0.6) is 0 Å². The molecule has 0 spiro atoms. The number of thioether (sulfide) groups is 1. The van der Waals surface area contributed by atoms with Crippen molar-refractivity contribution in [1.29, 1.82) is 5.26 Å². The Labute approximate surface area is 165 Å². The van der Waals surface area contributed by atoms with Crippen molar-refractivity contribution in [2.24, 2.45) is 0 Å². The van der Waals surface area contributed by atoms with Crippen molar-refractivity contribution in [3.8, 4) is 6.07 Å². The standard InChI is InChI=1S/C20H16N6OS/c21-11-6-12-26(14-7-2-1-3-8-14)17(27)13-28-20-23-19-18(24-25-20)15-9-4-5-10-16(15)22-19/h1-5,7-10H,6,12-13H2,(H,22,23,25). The Kier molecular flexibility index (Phi) is 5.17. The van der Waals surface area contributed by atoms with Crippen LogP contribution in [0.2, 0.25) is 0 Å². The lowest BCUT2D eigenvalue weighted by Crippen LogP contribution is -2.33. The van der Waals surface area contributed by atoms with Gasteiger partial charge in [0.15, 0.2) is 5.65 Å². The second-order valence-corrected chi connectivity index (χ2v) is 6.98. The van der Waals surface area contributed by atoms with Crippen molar-refractivity contribution in [2.45, 2.75) is 11.6 Å². The van der Waals surface area contributed by atoms with Crippen LogP contribution in [-0.2, 0) is 4.79 Å². The number of nitriles is 1. The highest BCUT2D eigenvalue weighted by Gasteiger charge is 2.17. The number of anilines is 1. The fraction of sp³-hybridized carbons (Fsp3) is 0.150. The number of rotatable bonds is 6. The molecule has 4 rings (SSSR count). The Bertz CT molecular complexity index is 1170. The van der Waals surface area contributed by atoms with Gasteiger partial charge in [-0.3, -0.25) is 4.79 Å². The second-order valence-electron chi connectivity index (χ2n) is 6.04. The molecule has 0 atom stereocenters. The Morgan fingerprint density at radius 1 is 1.11 bits per heavy atom. The lowest BCUT2D eigenvalue weighted by Gasteiger charge is -2.21. The van der Waals surface area contributed by atoms with Crippen LogP contribution >= 0.6 is 11.8 Å². The summed E-state index contributed by atoms with van der Waals surface area (Å²) < 4.78 is 0. The number of carbonyl (C=O) groups excluding carboxylic acids is 1. The summed E-state index contributed by atoms with van der Waals surface area (Å²) in [6.45, 7) is 0.347. The van der Waals surface area contributed by atoms with Gasteiger partial charge in [-0.25, -0.2) is 4.98 Å². The van der Waals surface area contributed by atoms with Gasteiger partial charge in [-0.05, 0) is 18.2 Å². The van der Waals surface area contributed by atoms with Gasteiger partial charge in [-0.15, -0.1) is 10.2 Å². The fourth-order valence-corrected chi connectivity index (χ4v) is 3.60. The van der Waals surface area contributed by atoms with E-state index in [0.717, 1.165) is 16.6 Å². The molecular formula is C20H16N6OS. The molecule has 4 aromatic rings. The van der Waals surface area contributed by atoms with Gasteiger partial charge in [0.05, 0.1) is 18.2 Å². The minimum absolute atomic E-state index is 0.105. The van der Waals surface area contributed by atoms with Crippen molar-refractivity contribution in [1.82, 2.24) is 20.2 Å². The average molecular weight is 388 g/mol. The van der Waals surface area contributed by atoms with Crippen LogP contribution in [0.1, 0.15) is 6.42 Å². The third kappa shape index (κ3) is 3.66. The van der Waals surface area contributed by atoms with Crippen LogP contribution in [0.25, 0.3) is 22.1 Å². The Balaban J connectivity index is 1.51. The highest BCUT2D eigenvalue weighted by Crippen LogP contribution is 2.24. The van der Waals surface area contributed by atoms with E-state index in [0.29, 0.717) is 22.9 Å². The number of fused-ring (bicyclic) bond motifs is 3. The van der Waals surface area contributed by atoms with Gasteiger partial charge in [0.1, 0.15) is 5.52 Å². The molecule has 0 bridgehead atoms. The molecule has 0 aliphatic heterocycles. The van der Waals surface area contributed by atoms with Crippen molar-refractivity contribution in [3.63, 3.8) is 0 Å². The number of hydrogen-bond acceptors (Lipinski definition) is 6. The Hall–Kier alpha value is -3.44. The second kappa shape index (κ2) is 8.06. The molecule has 2 aromatic heterocycles. The van der Waals surface area contributed by atoms with Crippen molar-refractivity contribution < 1.29 is 4.79 Å². The van der Waals surface area contributed by atoms with Crippen LogP contribution in [0.3, 0.4) is 0 Å². The largest absolute Gasteiger partial charge is 0.338 e. The average Bonchev–Trinajstić information content (AvgIpc) is 3.11. The molecule has 0 aliphatic carbocycles. The zero-order valence-corrected chi connectivity index (χ0v) is 15.7. The van der Waals surface area contributed by atoms with Gasteiger partial charge in [0.2, 0.25) is 11.1 Å². The minimum atomic E-state index is -0.105. The normalized spacial score (nSPS) is 10.8. The van der Waals surface area contributed by atoms with Crippen LogP contribution in [0, 0.1) is 11.3 Å². The van der Waals surface area contributed by atoms with Crippen LogP contribution in [0.4, 0.5) is 5.69 Å².